The summed E-state index contributed by atoms with van der Waals surface area (Å²) < 4.78 is 0. The van der Waals surface area contributed by atoms with E-state index in [2.05, 4.69) is 6.92 Å². The van der Waals surface area contributed by atoms with Crippen molar-refractivity contribution in [2.45, 2.75) is 84.5 Å². The maximum Gasteiger partial charge on any atom is 0.132 e. The van der Waals surface area contributed by atoms with Crippen LogP contribution >= 0.6 is 0 Å². The van der Waals surface area contributed by atoms with Crippen LogP contribution in [-0.2, 0) is 9.59 Å². The first-order valence-electron chi connectivity index (χ1n) is 7.18. The third-order valence-electron chi connectivity index (χ3n) is 3.04. The molecule has 0 saturated carbocycles. The minimum Gasteiger partial charge on any atom is -0.300 e. The van der Waals surface area contributed by atoms with Crippen LogP contribution in [0.25, 0.3) is 0 Å². The van der Waals surface area contributed by atoms with Gasteiger partial charge in [-0.2, -0.15) is 0 Å². The number of Topliss-reactive ketones (excluding diaryl/α,β-unsaturated/α-hetero) is 2. The van der Waals surface area contributed by atoms with Crippen molar-refractivity contribution in [3.63, 3.8) is 0 Å². The lowest BCUT2D eigenvalue weighted by atomic mass is 10.0. The molecule has 0 aliphatic heterocycles. The second kappa shape index (κ2) is 11.8. The van der Waals surface area contributed by atoms with E-state index in [-0.39, 0.29) is 5.78 Å². The van der Waals surface area contributed by atoms with Crippen LogP contribution in [0.4, 0.5) is 0 Å². The fourth-order valence-corrected chi connectivity index (χ4v) is 1.92. The smallest absolute Gasteiger partial charge is 0.132 e. The first kappa shape index (κ1) is 16.3. The van der Waals surface area contributed by atoms with Crippen molar-refractivity contribution in [2.75, 3.05) is 0 Å². The molecule has 2 heteroatoms. The number of carbonyl (C=O) groups excluding carboxylic acids is 2. The van der Waals surface area contributed by atoms with Crippen LogP contribution in [0.15, 0.2) is 0 Å². The van der Waals surface area contributed by atoms with E-state index in [0.29, 0.717) is 5.78 Å². The molecular weight excluding hydrogens is 212 g/mol. The summed E-state index contributed by atoms with van der Waals surface area (Å²) in [7, 11) is 0. The molecule has 0 fully saturated rings. The lowest BCUT2D eigenvalue weighted by Crippen LogP contribution is -1.97. The minimum absolute atomic E-state index is 0.288. The molecule has 0 heterocycles. The predicted octanol–water partition coefficient (Wildman–Crippen LogP) is 4.46. The third-order valence-corrected chi connectivity index (χ3v) is 3.04. The zero-order valence-electron chi connectivity index (χ0n) is 11.6. The number of hydrogen-bond acceptors (Lipinski definition) is 2. The van der Waals surface area contributed by atoms with Gasteiger partial charge in [0.25, 0.3) is 0 Å². The largest absolute Gasteiger partial charge is 0.300 e. The molecule has 0 aliphatic rings. The molecule has 0 N–H and O–H groups in total. The van der Waals surface area contributed by atoms with Gasteiger partial charge in [0.05, 0.1) is 0 Å². The molecule has 0 saturated heterocycles. The van der Waals surface area contributed by atoms with Gasteiger partial charge >= 0.3 is 0 Å². The summed E-state index contributed by atoms with van der Waals surface area (Å²) in [5.74, 6) is 0.721. The molecule has 0 amide bonds. The van der Waals surface area contributed by atoms with E-state index >= 15 is 0 Å². The number of ketones is 2. The van der Waals surface area contributed by atoms with Crippen molar-refractivity contribution >= 4 is 11.6 Å². The molecule has 0 bridgehead atoms. The van der Waals surface area contributed by atoms with Gasteiger partial charge in [-0.3, -0.25) is 4.79 Å². The van der Waals surface area contributed by atoms with Crippen LogP contribution in [0.3, 0.4) is 0 Å². The van der Waals surface area contributed by atoms with E-state index < -0.39 is 0 Å². The summed E-state index contributed by atoms with van der Waals surface area (Å²) in [5, 5.41) is 0. The Labute approximate surface area is 106 Å². The van der Waals surface area contributed by atoms with Crippen molar-refractivity contribution in [1.82, 2.24) is 0 Å². The van der Waals surface area contributed by atoms with E-state index in [1.54, 1.807) is 6.92 Å². The summed E-state index contributed by atoms with van der Waals surface area (Å²) in [5.41, 5.74) is 0. The van der Waals surface area contributed by atoms with Gasteiger partial charge in [-0.1, -0.05) is 39.0 Å². The average molecular weight is 240 g/mol. The molecular formula is C15H28O2. The van der Waals surface area contributed by atoms with Gasteiger partial charge in [-0.05, 0) is 26.2 Å². The van der Waals surface area contributed by atoms with E-state index in [1.807, 2.05) is 0 Å². The molecule has 100 valence electrons. The Morgan fingerprint density at radius 3 is 1.71 bits per heavy atom. The average Bonchev–Trinajstić information content (AvgIpc) is 2.28. The van der Waals surface area contributed by atoms with Gasteiger partial charge in [0.15, 0.2) is 0 Å². The maximum atomic E-state index is 11.5. The van der Waals surface area contributed by atoms with E-state index in [0.717, 1.165) is 57.8 Å². The molecule has 0 aromatic heterocycles. The van der Waals surface area contributed by atoms with Crippen molar-refractivity contribution in [1.29, 1.82) is 0 Å². The molecule has 0 spiro atoms. The Morgan fingerprint density at radius 2 is 1.18 bits per heavy atom. The Balaban J connectivity index is 3.16. The zero-order valence-corrected chi connectivity index (χ0v) is 11.6. The molecule has 0 unspecified atom stereocenters. The Bertz CT molecular complexity index is 209. The monoisotopic (exact) mass is 240 g/mol. The molecule has 2 nitrogen and oxygen atoms in total. The summed E-state index contributed by atoms with van der Waals surface area (Å²) in [6.07, 6.45) is 11.2. The van der Waals surface area contributed by atoms with Crippen LogP contribution in [0.5, 0.6) is 0 Å². The lowest BCUT2D eigenvalue weighted by molar-refractivity contribution is -0.119. The highest BCUT2D eigenvalue weighted by atomic mass is 16.1. The van der Waals surface area contributed by atoms with Crippen LogP contribution in [0.2, 0.25) is 0 Å². The van der Waals surface area contributed by atoms with Gasteiger partial charge in [0.2, 0.25) is 0 Å². The summed E-state index contributed by atoms with van der Waals surface area (Å²) in [4.78, 5) is 22.2. The second-order valence-corrected chi connectivity index (χ2v) is 4.97. The molecule has 0 aromatic carbocycles. The molecule has 0 aromatic rings. The first-order chi connectivity index (χ1) is 8.16. The Kier molecular flexibility index (Phi) is 11.4. The van der Waals surface area contributed by atoms with Crippen LogP contribution in [0, 0.1) is 0 Å². The number of rotatable bonds is 12. The van der Waals surface area contributed by atoms with E-state index in [4.69, 9.17) is 0 Å². The highest BCUT2D eigenvalue weighted by Crippen LogP contribution is 2.09. The van der Waals surface area contributed by atoms with Gasteiger partial charge in [-0.15, -0.1) is 0 Å². The van der Waals surface area contributed by atoms with E-state index in [1.165, 1.54) is 12.8 Å². The fraction of sp³-hybridized carbons (Fsp3) is 0.867. The lowest BCUT2D eigenvalue weighted by Gasteiger charge is -2.01. The maximum absolute atomic E-state index is 11.5. The molecule has 0 radical (unpaired) electrons. The van der Waals surface area contributed by atoms with Crippen molar-refractivity contribution in [3.8, 4) is 0 Å². The quantitative estimate of drug-likeness (QED) is 0.472. The zero-order chi connectivity index (χ0) is 12.9. The number of unbranched alkanes of at least 4 members (excludes halogenated alkanes) is 6. The molecule has 17 heavy (non-hydrogen) atoms. The van der Waals surface area contributed by atoms with Gasteiger partial charge in [0, 0.05) is 19.3 Å². The summed E-state index contributed by atoms with van der Waals surface area (Å²) >= 11 is 0. The van der Waals surface area contributed by atoms with Gasteiger partial charge in [-0.25, -0.2) is 0 Å². The fourth-order valence-electron chi connectivity index (χ4n) is 1.92. The number of hydrogen-bond donors (Lipinski definition) is 0. The third kappa shape index (κ3) is 13.3. The predicted molar refractivity (Wildman–Crippen MR) is 72.1 cm³/mol. The van der Waals surface area contributed by atoms with Gasteiger partial charge < -0.3 is 4.79 Å². The topological polar surface area (TPSA) is 34.1 Å². The normalized spacial score (nSPS) is 10.5. The first-order valence-corrected chi connectivity index (χ1v) is 7.18. The minimum atomic E-state index is 0.288. The Hall–Kier alpha value is -0.660. The van der Waals surface area contributed by atoms with E-state index in [9.17, 15) is 9.59 Å². The standard InChI is InChI=1S/C15H28O2/c1-3-4-8-12-15(17)13-10-7-5-6-9-11-14(2)16/h3-13H2,1-2H3. The molecule has 0 rings (SSSR count). The van der Waals surface area contributed by atoms with Crippen LogP contribution in [0.1, 0.15) is 84.5 Å². The molecule has 0 aliphatic carbocycles. The van der Waals surface area contributed by atoms with Crippen molar-refractivity contribution < 1.29 is 9.59 Å². The number of carbonyl (C=O) groups is 2. The Morgan fingerprint density at radius 1 is 0.706 bits per heavy atom. The van der Waals surface area contributed by atoms with Crippen molar-refractivity contribution in [2.24, 2.45) is 0 Å². The van der Waals surface area contributed by atoms with Crippen LogP contribution < -0.4 is 0 Å². The summed E-state index contributed by atoms with van der Waals surface area (Å²) in [6.45, 7) is 3.81. The second-order valence-electron chi connectivity index (χ2n) is 4.97. The van der Waals surface area contributed by atoms with Crippen LogP contribution in [-0.4, -0.2) is 11.6 Å². The molecule has 0 atom stereocenters. The SMILES string of the molecule is CCCCCC(=O)CCCCCCCC(C)=O. The highest BCUT2D eigenvalue weighted by Gasteiger charge is 2.01. The van der Waals surface area contributed by atoms with Crippen molar-refractivity contribution in [3.05, 3.63) is 0 Å². The highest BCUT2D eigenvalue weighted by molar-refractivity contribution is 5.78. The van der Waals surface area contributed by atoms with Gasteiger partial charge in [0.1, 0.15) is 11.6 Å². The summed E-state index contributed by atoms with van der Waals surface area (Å²) in [6, 6.07) is 0.